The van der Waals surface area contributed by atoms with Crippen molar-refractivity contribution in [2.24, 2.45) is 0 Å². The molecule has 0 bridgehead atoms. The van der Waals surface area contributed by atoms with E-state index in [2.05, 4.69) is 20.9 Å². The van der Waals surface area contributed by atoms with Gasteiger partial charge in [0.05, 0.1) is 11.6 Å². The van der Waals surface area contributed by atoms with E-state index < -0.39 is 0 Å². The number of hydrogen-bond acceptors (Lipinski definition) is 3. The van der Waals surface area contributed by atoms with Crippen LogP contribution in [0.15, 0.2) is 41.0 Å². The highest BCUT2D eigenvalue weighted by molar-refractivity contribution is 9.10. The zero-order valence-electron chi connectivity index (χ0n) is 10.2. The van der Waals surface area contributed by atoms with Crippen LogP contribution in [-0.4, -0.2) is 17.9 Å². The summed E-state index contributed by atoms with van der Waals surface area (Å²) in [6.07, 6.45) is 1.84. The smallest absolute Gasteiger partial charge is 0.167 e. The number of hydrogen-bond donors (Lipinski definition) is 0. The van der Waals surface area contributed by atoms with Crippen LogP contribution in [0, 0.1) is 0 Å². The summed E-state index contributed by atoms with van der Waals surface area (Å²) in [5, 5.41) is 0.321. The summed E-state index contributed by atoms with van der Waals surface area (Å²) in [5.41, 5.74) is 1.47. The molecule has 1 heterocycles. The highest BCUT2D eigenvalue weighted by Crippen LogP contribution is 2.26. The SMILES string of the molecule is COc1ccc(CC(=O)c2ccnc(Cl)c2)cc1Br. The molecule has 2 aromatic rings. The molecule has 0 aliphatic carbocycles. The molecular formula is C14H11BrClNO2. The predicted molar refractivity (Wildman–Crippen MR) is 78.0 cm³/mol. The number of ether oxygens (including phenoxy) is 1. The molecule has 0 aliphatic heterocycles. The first kappa shape index (κ1) is 14.0. The van der Waals surface area contributed by atoms with Crippen molar-refractivity contribution >= 4 is 33.3 Å². The first-order valence-corrected chi connectivity index (χ1v) is 6.74. The maximum atomic E-state index is 12.1. The van der Waals surface area contributed by atoms with Gasteiger partial charge in [-0.05, 0) is 45.8 Å². The summed E-state index contributed by atoms with van der Waals surface area (Å²) in [6, 6.07) is 8.80. The summed E-state index contributed by atoms with van der Waals surface area (Å²) >= 11 is 9.17. The molecule has 0 fully saturated rings. The molecule has 0 N–H and O–H groups in total. The number of methoxy groups -OCH3 is 1. The zero-order chi connectivity index (χ0) is 13.8. The fourth-order valence-corrected chi connectivity index (χ4v) is 2.45. The molecule has 1 aromatic heterocycles. The van der Waals surface area contributed by atoms with E-state index in [1.165, 1.54) is 6.20 Å². The Morgan fingerprint density at radius 1 is 1.37 bits per heavy atom. The van der Waals surface area contributed by atoms with Crippen molar-refractivity contribution < 1.29 is 9.53 Å². The molecule has 5 heteroatoms. The lowest BCUT2D eigenvalue weighted by molar-refractivity contribution is 0.0993. The van der Waals surface area contributed by atoms with Crippen molar-refractivity contribution in [2.45, 2.75) is 6.42 Å². The van der Waals surface area contributed by atoms with Crippen LogP contribution in [0.25, 0.3) is 0 Å². The first-order chi connectivity index (χ1) is 9.10. The molecule has 0 aliphatic rings. The number of aromatic nitrogens is 1. The predicted octanol–water partition coefficient (Wildman–Crippen LogP) is 3.93. The number of halogens is 2. The van der Waals surface area contributed by atoms with E-state index >= 15 is 0 Å². The fraction of sp³-hybridized carbons (Fsp3) is 0.143. The average molecular weight is 341 g/mol. The molecule has 0 atom stereocenters. The van der Waals surface area contributed by atoms with Crippen LogP contribution < -0.4 is 4.74 Å². The van der Waals surface area contributed by atoms with Crippen LogP contribution >= 0.6 is 27.5 Å². The number of Topliss-reactive ketones (excluding diaryl/α,β-unsaturated/α-hetero) is 1. The number of ketones is 1. The summed E-state index contributed by atoms with van der Waals surface area (Å²) < 4.78 is 5.97. The molecular weight excluding hydrogens is 330 g/mol. The second kappa shape index (κ2) is 6.17. The van der Waals surface area contributed by atoms with Crippen LogP contribution in [0.3, 0.4) is 0 Å². The van der Waals surface area contributed by atoms with Gasteiger partial charge < -0.3 is 4.74 Å². The highest BCUT2D eigenvalue weighted by Gasteiger charge is 2.09. The Kier molecular flexibility index (Phi) is 4.56. The van der Waals surface area contributed by atoms with Crippen molar-refractivity contribution in [1.82, 2.24) is 4.98 Å². The molecule has 0 saturated carbocycles. The third-order valence-electron chi connectivity index (χ3n) is 2.63. The van der Waals surface area contributed by atoms with Crippen LogP contribution in [0.1, 0.15) is 15.9 Å². The van der Waals surface area contributed by atoms with Gasteiger partial charge in [-0.3, -0.25) is 4.79 Å². The van der Waals surface area contributed by atoms with Crippen molar-refractivity contribution in [2.75, 3.05) is 7.11 Å². The standard InChI is InChI=1S/C14H11BrClNO2/c1-19-13-3-2-9(6-11(13)15)7-12(18)10-4-5-17-14(16)8-10/h2-6,8H,7H2,1H3. The average Bonchev–Trinajstić information content (AvgIpc) is 2.39. The number of pyridine rings is 1. The Bertz CT molecular complexity index is 616. The second-order valence-electron chi connectivity index (χ2n) is 3.94. The molecule has 0 unspecified atom stereocenters. The van der Waals surface area contributed by atoms with Gasteiger partial charge in [0.1, 0.15) is 10.9 Å². The van der Waals surface area contributed by atoms with Gasteiger partial charge in [0, 0.05) is 18.2 Å². The maximum Gasteiger partial charge on any atom is 0.167 e. The summed E-state index contributed by atoms with van der Waals surface area (Å²) in [7, 11) is 1.60. The lowest BCUT2D eigenvalue weighted by Gasteiger charge is -2.06. The molecule has 19 heavy (non-hydrogen) atoms. The molecule has 98 valence electrons. The Morgan fingerprint density at radius 3 is 2.79 bits per heavy atom. The van der Waals surface area contributed by atoms with E-state index in [4.69, 9.17) is 16.3 Å². The maximum absolute atomic E-state index is 12.1. The lowest BCUT2D eigenvalue weighted by Crippen LogP contribution is -2.04. The normalized spacial score (nSPS) is 10.3. The van der Waals surface area contributed by atoms with E-state index in [0.717, 1.165) is 15.8 Å². The van der Waals surface area contributed by atoms with Gasteiger partial charge >= 0.3 is 0 Å². The van der Waals surface area contributed by atoms with Gasteiger partial charge in [-0.15, -0.1) is 0 Å². The minimum atomic E-state index is 0.00127. The number of nitrogens with zero attached hydrogens (tertiary/aromatic N) is 1. The Labute approximate surface area is 124 Å². The monoisotopic (exact) mass is 339 g/mol. The first-order valence-electron chi connectivity index (χ1n) is 5.57. The highest BCUT2D eigenvalue weighted by atomic mass is 79.9. The molecule has 3 nitrogen and oxygen atoms in total. The zero-order valence-corrected chi connectivity index (χ0v) is 12.5. The van der Waals surface area contributed by atoms with Gasteiger partial charge in [-0.25, -0.2) is 4.98 Å². The number of carbonyl (C=O) groups is 1. The lowest BCUT2D eigenvalue weighted by atomic mass is 10.0. The van der Waals surface area contributed by atoms with E-state index in [-0.39, 0.29) is 5.78 Å². The minimum absolute atomic E-state index is 0.00127. The van der Waals surface area contributed by atoms with E-state index in [0.29, 0.717) is 17.1 Å². The van der Waals surface area contributed by atoms with Crippen molar-refractivity contribution in [3.05, 3.63) is 57.3 Å². The minimum Gasteiger partial charge on any atom is -0.496 e. The van der Waals surface area contributed by atoms with Crippen molar-refractivity contribution in [3.8, 4) is 5.75 Å². The van der Waals surface area contributed by atoms with Gasteiger partial charge in [-0.2, -0.15) is 0 Å². The van der Waals surface area contributed by atoms with Crippen LogP contribution in [-0.2, 0) is 6.42 Å². The number of carbonyl (C=O) groups excluding carboxylic acids is 1. The van der Waals surface area contributed by atoms with Crippen LogP contribution in [0.5, 0.6) is 5.75 Å². The van der Waals surface area contributed by atoms with E-state index in [1.807, 2.05) is 18.2 Å². The quantitative estimate of drug-likeness (QED) is 0.625. The van der Waals surface area contributed by atoms with Gasteiger partial charge in [0.2, 0.25) is 0 Å². The second-order valence-corrected chi connectivity index (χ2v) is 5.18. The molecule has 2 rings (SSSR count). The van der Waals surface area contributed by atoms with Gasteiger partial charge in [0.15, 0.2) is 5.78 Å². The number of rotatable bonds is 4. The third kappa shape index (κ3) is 3.55. The fourth-order valence-electron chi connectivity index (χ4n) is 1.68. The third-order valence-corrected chi connectivity index (χ3v) is 3.46. The Balaban J connectivity index is 2.17. The Morgan fingerprint density at radius 2 is 2.16 bits per heavy atom. The van der Waals surface area contributed by atoms with Gasteiger partial charge in [-0.1, -0.05) is 17.7 Å². The molecule has 0 amide bonds. The van der Waals surface area contributed by atoms with Crippen LogP contribution in [0.4, 0.5) is 0 Å². The Hall–Kier alpha value is -1.39. The molecule has 0 radical (unpaired) electrons. The molecule has 1 aromatic carbocycles. The van der Waals surface area contributed by atoms with Crippen molar-refractivity contribution in [1.29, 1.82) is 0 Å². The summed E-state index contributed by atoms with van der Waals surface area (Å²) in [4.78, 5) is 16.0. The topological polar surface area (TPSA) is 39.2 Å². The largest absolute Gasteiger partial charge is 0.496 e. The number of benzene rings is 1. The van der Waals surface area contributed by atoms with E-state index in [1.54, 1.807) is 19.2 Å². The van der Waals surface area contributed by atoms with Crippen molar-refractivity contribution in [3.63, 3.8) is 0 Å². The molecule has 0 spiro atoms. The van der Waals surface area contributed by atoms with Gasteiger partial charge in [0.25, 0.3) is 0 Å². The summed E-state index contributed by atoms with van der Waals surface area (Å²) in [6.45, 7) is 0. The van der Waals surface area contributed by atoms with Crippen LogP contribution in [0.2, 0.25) is 5.15 Å². The summed E-state index contributed by atoms with van der Waals surface area (Å²) in [5.74, 6) is 0.740. The van der Waals surface area contributed by atoms with E-state index in [9.17, 15) is 4.79 Å². The molecule has 0 saturated heterocycles.